The van der Waals surface area contributed by atoms with Gasteiger partial charge in [0.15, 0.2) is 5.78 Å². The zero-order valence-corrected chi connectivity index (χ0v) is 8.14. The van der Waals surface area contributed by atoms with Gasteiger partial charge in [-0.2, -0.15) is 0 Å². The minimum absolute atomic E-state index is 0.0231. The van der Waals surface area contributed by atoms with Gasteiger partial charge in [-0.1, -0.05) is 27.7 Å². The van der Waals surface area contributed by atoms with Crippen molar-refractivity contribution in [3.05, 3.63) is 0 Å². The molecule has 0 aliphatic heterocycles. The predicted molar refractivity (Wildman–Crippen MR) is 47.5 cm³/mol. The van der Waals surface area contributed by atoms with Gasteiger partial charge in [0.25, 0.3) is 0 Å². The smallest absolute Gasteiger partial charge is 0.152 e. The molecular weight excluding hydrogens is 138 g/mol. The highest BCUT2D eigenvalue weighted by Gasteiger charge is 2.21. The van der Waals surface area contributed by atoms with E-state index in [0.717, 1.165) is 0 Å². The first-order valence-electron chi connectivity index (χ1n) is 4.21. The highest BCUT2D eigenvalue weighted by molar-refractivity contribution is 5.85. The van der Waals surface area contributed by atoms with Gasteiger partial charge in [0.2, 0.25) is 0 Å². The molecule has 0 spiro atoms. The first-order chi connectivity index (χ1) is 5.00. The summed E-state index contributed by atoms with van der Waals surface area (Å²) >= 11 is 0. The standard InChI is InChI=1S/C9H19NO/c1-6(2)8(10-5)9(11)7(3)4/h6-8,10H,1-5H3. The van der Waals surface area contributed by atoms with E-state index < -0.39 is 0 Å². The van der Waals surface area contributed by atoms with Gasteiger partial charge in [0.1, 0.15) is 0 Å². The van der Waals surface area contributed by atoms with Crippen molar-refractivity contribution in [3.8, 4) is 0 Å². The molecule has 0 aliphatic rings. The molecule has 1 unspecified atom stereocenters. The van der Waals surface area contributed by atoms with Crippen LogP contribution in [0.3, 0.4) is 0 Å². The second-order valence-corrected chi connectivity index (χ2v) is 3.57. The molecule has 0 saturated heterocycles. The number of ketones is 1. The van der Waals surface area contributed by atoms with E-state index >= 15 is 0 Å². The van der Waals surface area contributed by atoms with Gasteiger partial charge in [-0.05, 0) is 13.0 Å². The Kier molecular flexibility index (Phi) is 4.34. The van der Waals surface area contributed by atoms with E-state index in [1.54, 1.807) is 0 Å². The van der Waals surface area contributed by atoms with Crippen LogP contribution in [0.15, 0.2) is 0 Å². The molecule has 0 aromatic heterocycles. The van der Waals surface area contributed by atoms with Crippen LogP contribution < -0.4 is 5.32 Å². The van der Waals surface area contributed by atoms with Crippen LogP contribution in [0.25, 0.3) is 0 Å². The summed E-state index contributed by atoms with van der Waals surface area (Å²) in [6, 6.07) is 0.0231. The van der Waals surface area contributed by atoms with Gasteiger partial charge < -0.3 is 5.32 Å². The number of rotatable bonds is 4. The fourth-order valence-corrected chi connectivity index (χ4v) is 1.16. The normalized spacial score (nSPS) is 14.1. The lowest BCUT2D eigenvalue weighted by atomic mass is 9.93. The van der Waals surface area contributed by atoms with Crippen LogP contribution in [-0.2, 0) is 4.79 Å². The molecule has 0 aliphatic carbocycles. The Hall–Kier alpha value is -0.370. The summed E-state index contributed by atoms with van der Waals surface area (Å²) in [6.07, 6.45) is 0. The summed E-state index contributed by atoms with van der Waals surface area (Å²) in [7, 11) is 1.84. The molecule has 0 fully saturated rings. The van der Waals surface area contributed by atoms with Crippen LogP contribution in [-0.4, -0.2) is 18.9 Å². The molecule has 1 atom stereocenters. The minimum Gasteiger partial charge on any atom is -0.310 e. The van der Waals surface area contributed by atoms with Crippen molar-refractivity contribution >= 4 is 5.78 Å². The van der Waals surface area contributed by atoms with Gasteiger partial charge in [-0.25, -0.2) is 0 Å². The Bertz CT molecular complexity index is 130. The average Bonchev–Trinajstić information content (AvgIpc) is 1.88. The average molecular weight is 157 g/mol. The second-order valence-electron chi connectivity index (χ2n) is 3.57. The summed E-state index contributed by atoms with van der Waals surface area (Å²) in [6.45, 7) is 7.99. The zero-order chi connectivity index (χ0) is 9.02. The fourth-order valence-electron chi connectivity index (χ4n) is 1.16. The van der Waals surface area contributed by atoms with E-state index in [-0.39, 0.29) is 12.0 Å². The van der Waals surface area contributed by atoms with Crippen molar-refractivity contribution in [3.63, 3.8) is 0 Å². The number of Topliss-reactive ketones (excluding diaryl/α,β-unsaturated/α-hetero) is 1. The molecule has 0 rings (SSSR count). The van der Waals surface area contributed by atoms with E-state index in [1.807, 2.05) is 20.9 Å². The molecule has 11 heavy (non-hydrogen) atoms. The Morgan fingerprint density at radius 2 is 1.64 bits per heavy atom. The maximum Gasteiger partial charge on any atom is 0.152 e. The fraction of sp³-hybridized carbons (Fsp3) is 0.889. The lowest BCUT2D eigenvalue weighted by Crippen LogP contribution is -2.40. The highest BCUT2D eigenvalue weighted by atomic mass is 16.1. The van der Waals surface area contributed by atoms with Gasteiger partial charge in [0, 0.05) is 5.92 Å². The summed E-state index contributed by atoms with van der Waals surface area (Å²) < 4.78 is 0. The molecule has 0 saturated carbocycles. The first kappa shape index (κ1) is 10.6. The molecule has 0 aromatic carbocycles. The zero-order valence-electron chi connectivity index (χ0n) is 8.14. The molecule has 66 valence electrons. The number of hydrogen-bond acceptors (Lipinski definition) is 2. The second kappa shape index (κ2) is 4.50. The molecule has 0 bridgehead atoms. The maximum atomic E-state index is 11.5. The van der Waals surface area contributed by atoms with Gasteiger partial charge in [-0.3, -0.25) is 4.79 Å². The number of carbonyl (C=O) groups excluding carboxylic acids is 1. The van der Waals surface area contributed by atoms with E-state index in [9.17, 15) is 4.79 Å². The maximum absolute atomic E-state index is 11.5. The van der Waals surface area contributed by atoms with Crippen LogP contribution in [0, 0.1) is 11.8 Å². The number of likely N-dealkylation sites (N-methyl/N-ethyl adjacent to an activating group) is 1. The number of carbonyl (C=O) groups is 1. The monoisotopic (exact) mass is 157 g/mol. The van der Waals surface area contributed by atoms with Crippen LogP contribution in [0.2, 0.25) is 0 Å². The molecule has 2 heteroatoms. The molecule has 2 nitrogen and oxygen atoms in total. The molecule has 0 amide bonds. The van der Waals surface area contributed by atoms with Gasteiger partial charge in [-0.15, -0.1) is 0 Å². The summed E-state index contributed by atoms with van der Waals surface area (Å²) in [4.78, 5) is 11.5. The Morgan fingerprint density at radius 3 is 1.73 bits per heavy atom. The van der Waals surface area contributed by atoms with Crippen molar-refractivity contribution in [2.45, 2.75) is 33.7 Å². The summed E-state index contributed by atoms with van der Waals surface area (Å²) in [5.41, 5.74) is 0. The predicted octanol–water partition coefficient (Wildman–Crippen LogP) is 1.46. The third-order valence-corrected chi connectivity index (χ3v) is 1.85. The lowest BCUT2D eigenvalue weighted by Gasteiger charge is -2.20. The van der Waals surface area contributed by atoms with E-state index in [4.69, 9.17) is 0 Å². The molecule has 1 N–H and O–H groups in total. The quantitative estimate of drug-likeness (QED) is 0.669. The molecular formula is C9H19NO. The van der Waals surface area contributed by atoms with Crippen LogP contribution in [0.5, 0.6) is 0 Å². The first-order valence-corrected chi connectivity index (χ1v) is 4.21. The Balaban J connectivity index is 4.15. The van der Waals surface area contributed by atoms with Crippen LogP contribution in [0.4, 0.5) is 0 Å². The third kappa shape index (κ3) is 3.02. The van der Waals surface area contributed by atoms with E-state index in [0.29, 0.717) is 11.7 Å². The van der Waals surface area contributed by atoms with Gasteiger partial charge in [0.05, 0.1) is 6.04 Å². The topological polar surface area (TPSA) is 29.1 Å². The van der Waals surface area contributed by atoms with Gasteiger partial charge >= 0.3 is 0 Å². The van der Waals surface area contributed by atoms with Crippen molar-refractivity contribution in [2.75, 3.05) is 7.05 Å². The SMILES string of the molecule is CNC(C(=O)C(C)C)C(C)C. The van der Waals surface area contributed by atoms with Crippen molar-refractivity contribution in [2.24, 2.45) is 11.8 Å². The molecule has 0 radical (unpaired) electrons. The number of hydrogen-bond donors (Lipinski definition) is 1. The summed E-state index contributed by atoms with van der Waals surface area (Å²) in [5.74, 6) is 0.826. The van der Waals surface area contributed by atoms with Crippen molar-refractivity contribution < 1.29 is 4.79 Å². The lowest BCUT2D eigenvalue weighted by molar-refractivity contribution is -0.124. The largest absolute Gasteiger partial charge is 0.310 e. The molecule has 0 aromatic rings. The minimum atomic E-state index is 0.0231. The molecule has 0 heterocycles. The van der Waals surface area contributed by atoms with Crippen molar-refractivity contribution in [1.82, 2.24) is 5.32 Å². The van der Waals surface area contributed by atoms with E-state index in [2.05, 4.69) is 19.2 Å². The number of nitrogens with one attached hydrogen (secondary N) is 1. The van der Waals surface area contributed by atoms with Crippen molar-refractivity contribution in [1.29, 1.82) is 0 Å². The Morgan fingerprint density at radius 1 is 1.18 bits per heavy atom. The van der Waals surface area contributed by atoms with E-state index in [1.165, 1.54) is 0 Å². The van der Waals surface area contributed by atoms with Crippen LogP contribution >= 0.6 is 0 Å². The highest BCUT2D eigenvalue weighted by Crippen LogP contribution is 2.07. The summed E-state index contributed by atoms with van der Waals surface area (Å²) in [5, 5.41) is 3.03. The third-order valence-electron chi connectivity index (χ3n) is 1.85. The van der Waals surface area contributed by atoms with Crippen LogP contribution in [0.1, 0.15) is 27.7 Å². The Labute approximate surface area is 69.4 Å².